The van der Waals surface area contributed by atoms with Crippen molar-refractivity contribution in [2.24, 2.45) is 5.92 Å². The molecule has 0 aliphatic heterocycles. The molecule has 0 saturated carbocycles. The molecule has 108 valence electrons. The number of hydrogen-bond donors (Lipinski definition) is 1. The highest BCUT2D eigenvalue weighted by Crippen LogP contribution is 2.22. The molecule has 0 spiro atoms. The number of nitrogens with one attached hydrogen (secondary N) is 1. The molecule has 19 heavy (non-hydrogen) atoms. The van der Waals surface area contributed by atoms with Crippen molar-refractivity contribution in [3.63, 3.8) is 0 Å². The maximum Gasteiger partial charge on any atom is 0.239 e. The van der Waals surface area contributed by atoms with E-state index >= 15 is 0 Å². The van der Waals surface area contributed by atoms with Gasteiger partial charge in [-0.3, -0.25) is 10.1 Å². The van der Waals surface area contributed by atoms with E-state index in [2.05, 4.69) is 31.1 Å². The Bertz CT molecular complexity index is 415. The van der Waals surface area contributed by atoms with Gasteiger partial charge >= 0.3 is 0 Å². The van der Waals surface area contributed by atoms with Crippen LogP contribution in [-0.2, 0) is 4.79 Å². The van der Waals surface area contributed by atoms with Crippen molar-refractivity contribution >= 4 is 17.2 Å². The van der Waals surface area contributed by atoms with Crippen LogP contribution in [0.15, 0.2) is 5.51 Å². The van der Waals surface area contributed by atoms with E-state index in [9.17, 15) is 4.79 Å². The van der Waals surface area contributed by atoms with Crippen molar-refractivity contribution < 1.29 is 4.79 Å². The van der Waals surface area contributed by atoms with Gasteiger partial charge in [-0.2, -0.15) is 0 Å². The molecule has 1 heterocycles. The lowest BCUT2D eigenvalue weighted by atomic mass is 10.0. The molecule has 1 rings (SSSR count). The third kappa shape index (κ3) is 4.58. The molecule has 0 aromatic carbocycles. The Labute approximate surface area is 120 Å². The first-order chi connectivity index (χ1) is 8.82. The fourth-order valence-electron chi connectivity index (χ4n) is 2.13. The molecule has 1 amide bonds. The summed E-state index contributed by atoms with van der Waals surface area (Å²) in [5.74, 6) is 0.624. The topological polar surface area (TPSA) is 45.2 Å². The summed E-state index contributed by atoms with van der Waals surface area (Å²) < 4.78 is 0. The number of hydrogen-bond acceptors (Lipinski definition) is 4. The van der Waals surface area contributed by atoms with Crippen LogP contribution in [0.5, 0.6) is 0 Å². The first kappa shape index (κ1) is 16.1. The molecule has 0 bridgehead atoms. The molecule has 2 unspecified atom stereocenters. The Morgan fingerprint density at radius 3 is 2.47 bits per heavy atom. The zero-order chi connectivity index (χ0) is 14.6. The number of amides is 1. The van der Waals surface area contributed by atoms with Crippen LogP contribution in [0.25, 0.3) is 0 Å². The standard InChI is InChI=1S/C14H25N3OS/c1-9(2)7-12(14(18)17(5)6)16-11(4)13-10(3)15-8-19-13/h8-9,11-12,16H,7H2,1-6H3. The molecule has 0 aliphatic rings. The number of nitrogens with zero attached hydrogens (tertiary/aromatic N) is 2. The van der Waals surface area contributed by atoms with Crippen molar-refractivity contribution in [1.29, 1.82) is 0 Å². The first-order valence-electron chi connectivity index (χ1n) is 6.70. The van der Waals surface area contributed by atoms with Crippen LogP contribution in [0, 0.1) is 12.8 Å². The zero-order valence-electron chi connectivity index (χ0n) is 12.7. The molecule has 2 atom stereocenters. The van der Waals surface area contributed by atoms with E-state index in [0.29, 0.717) is 5.92 Å². The lowest BCUT2D eigenvalue weighted by Crippen LogP contribution is -2.45. The van der Waals surface area contributed by atoms with Crippen molar-refractivity contribution in [1.82, 2.24) is 15.2 Å². The summed E-state index contributed by atoms with van der Waals surface area (Å²) in [6, 6.07) is 0.0200. The highest BCUT2D eigenvalue weighted by atomic mass is 32.1. The molecule has 4 nitrogen and oxygen atoms in total. The van der Waals surface area contributed by atoms with Crippen molar-refractivity contribution in [2.45, 2.75) is 46.2 Å². The molecule has 0 fully saturated rings. The van der Waals surface area contributed by atoms with Gasteiger partial charge in [-0.15, -0.1) is 11.3 Å². The summed E-state index contributed by atoms with van der Waals surface area (Å²) >= 11 is 1.64. The van der Waals surface area contributed by atoms with Gasteiger partial charge in [0.15, 0.2) is 0 Å². The third-order valence-corrected chi connectivity index (χ3v) is 4.19. The maximum atomic E-state index is 12.2. The Kier molecular flexibility index (Phi) is 5.94. The van der Waals surface area contributed by atoms with Crippen LogP contribution in [0.3, 0.4) is 0 Å². The molecule has 0 aliphatic carbocycles. The van der Waals surface area contributed by atoms with Crippen molar-refractivity contribution in [3.8, 4) is 0 Å². The molecular formula is C14H25N3OS. The molecule has 0 radical (unpaired) electrons. The third-order valence-electron chi connectivity index (χ3n) is 3.07. The average Bonchev–Trinajstić information content (AvgIpc) is 2.72. The minimum atomic E-state index is -0.133. The summed E-state index contributed by atoms with van der Waals surface area (Å²) in [5.41, 5.74) is 2.90. The van der Waals surface area contributed by atoms with E-state index in [1.54, 1.807) is 30.3 Å². The number of aromatic nitrogens is 1. The number of carbonyl (C=O) groups is 1. The van der Waals surface area contributed by atoms with E-state index in [1.807, 2.05) is 12.4 Å². The summed E-state index contributed by atoms with van der Waals surface area (Å²) in [6.45, 7) is 8.38. The average molecular weight is 283 g/mol. The van der Waals surface area contributed by atoms with Gasteiger partial charge in [-0.1, -0.05) is 13.8 Å². The van der Waals surface area contributed by atoms with Gasteiger partial charge in [-0.25, -0.2) is 4.98 Å². The fraction of sp³-hybridized carbons (Fsp3) is 0.714. The normalized spacial score (nSPS) is 14.5. The van der Waals surface area contributed by atoms with E-state index in [-0.39, 0.29) is 18.0 Å². The Hall–Kier alpha value is -0.940. The van der Waals surface area contributed by atoms with Crippen LogP contribution in [0.1, 0.15) is 43.8 Å². The van der Waals surface area contributed by atoms with Gasteiger partial charge in [0.2, 0.25) is 5.91 Å². The fourth-order valence-corrected chi connectivity index (χ4v) is 2.95. The van der Waals surface area contributed by atoms with Crippen LogP contribution in [0.4, 0.5) is 0 Å². The highest BCUT2D eigenvalue weighted by Gasteiger charge is 2.24. The number of carbonyl (C=O) groups excluding carboxylic acids is 1. The Morgan fingerprint density at radius 2 is 2.05 bits per heavy atom. The summed E-state index contributed by atoms with van der Waals surface area (Å²) in [5, 5.41) is 3.45. The monoisotopic (exact) mass is 283 g/mol. The van der Waals surface area contributed by atoms with Gasteiger partial charge in [-0.05, 0) is 26.2 Å². The predicted octanol–water partition coefficient (Wildman–Crippen LogP) is 2.61. The van der Waals surface area contributed by atoms with Gasteiger partial charge < -0.3 is 4.90 Å². The summed E-state index contributed by atoms with van der Waals surface area (Å²) in [7, 11) is 3.61. The number of aryl methyl sites for hydroxylation is 1. The number of rotatable bonds is 6. The highest BCUT2D eigenvalue weighted by molar-refractivity contribution is 7.09. The quantitative estimate of drug-likeness (QED) is 0.873. The van der Waals surface area contributed by atoms with Gasteiger partial charge in [0.1, 0.15) is 0 Å². The van der Waals surface area contributed by atoms with Crippen LogP contribution < -0.4 is 5.32 Å². The minimum Gasteiger partial charge on any atom is -0.347 e. The molecule has 5 heteroatoms. The second-order valence-corrected chi connectivity index (χ2v) is 6.49. The summed E-state index contributed by atoms with van der Waals surface area (Å²) in [4.78, 5) is 19.4. The molecule has 0 saturated heterocycles. The molecule has 1 N–H and O–H groups in total. The molecule has 1 aromatic rings. The van der Waals surface area contributed by atoms with Crippen molar-refractivity contribution in [3.05, 3.63) is 16.1 Å². The lowest BCUT2D eigenvalue weighted by Gasteiger charge is -2.26. The summed E-state index contributed by atoms with van der Waals surface area (Å²) in [6.07, 6.45) is 0.846. The zero-order valence-corrected chi connectivity index (χ0v) is 13.5. The Balaban J connectivity index is 2.77. The molecular weight excluding hydrogens is 258 g/mol. The van der Waals surface area contributed by atoms with E-state index in [0.717, 1.165) is 12.1 Å². The number of thiazole rings is 1. The van der Waals surface area contributed by atoms with Crippen LogP contribution >= 0.6 is 11.3 Å². The maximum absolute atomic E-state index is 12.2. The predicted molar refractivity (Wildman–Crippen MR) is 80.3 cm³/mol. The minimum absolute atomic E-state index is 0.133. The van der Waals surface area contributed by atoms with Crippen LogP contribution in [-0.4, -0.2) is 35.9 Å². The second kappa shape index (κ2) is 7.01. The van der Waals surface area contributed by atoms with Gasteiger partial charge in [0, 0.05) is 25.0 Å². The second-order valence-electron chi connectivity index (χ2n) is 5.61. The SMILES string of the molecule is Cc1ncsc1C(C)NC(CC(C)C)C(=O)N(C)C. The molecule has 1 aromatic heterocycles. The van der Waals surface area contributed by atoms with E-state index < -0.39 is 0 Å². The van der Waals surface area contributed by atoms with E-state index in [4.69, 9.17) is 0 Å². The first-order valence-corrected chi connectivity index (χ1v) is 7.58. The Morgan fingerprint density at radius 1 is 1.42 bits per heavy atom. The van der Waals surface area contributed by atoms with Crippen molar-refractivity contribution in [2.75, 3.05) is 14.1 Å². The smallest absolute Gasteiger partial charge is 0.239 e. The number of likely N-dealkylation sites (N-methyl/N-ethyl adjacent to an activating group) is 1. The largest absolute Gasteiger partial charge is 0.347 e. The van der Waals surface area contributed by atoms with Gasteiger partial charge in [0.05, 0.1) is 17.2 Å². The van der Waals surface area contributed by atoms with E-state index in [1.165, 1.54) is 4.88 Å². The lowest BCUT2D eigenvalue weighted by molar-refractivity contribution is -0.131. The van der Waals surface area contributed by atoms with Gasteiger partial charge in [0.25, 0.3) is 0 Å². The van der Waals surface area contributed by atoms with Crippen LogP contribution in [0.2, 0.25) is 0 Å².